The average molecular weight is 384 g/mol. The van der Waals surface area contributed by atoms with Crippen LogP contribution in [0.4, 0.5) is 0 Å². The van der Waals surface area contributed by atoms with Crippen molar-refractivity contribution in [3.05, 3.63) is 52.4 Å². The number of rotatable bonds is 4. The zero-order chi connectivity index (χ0) is 18.8. The lowest BCUT2D eigenvalue weighted by Crippen LogP contribution is -2.50. The molecule has 0 saturated carbocycles. The lowest BCUT2D eigenvalue weighted by Gasteiger charge is -2.34. The van der Waals surface area contributed by atoms with Crippen LogP contribution >= 0.6 is 11.3 Å². The third kappa shape index (κ3) is 3.55. The number of benzene rings is 1. The summed E-state index contributed by atoms with van der Waals surface area (Å²) in [7, 11) is 1.61. The van der Waals surface area contributed by atoms with Crippen LogP contribution in [0.5, 0.6) is 5.75 Å². The second-order valence-corrected chi connectivity index (χ2v) is 7.40. The second kappa shape index (κ2) is 7.44. The van der Waals surface area contributed by atoms with Crippen LogP contribution in [0.2, 0.25) is 0 Å². The van der Waals surface area contributed by atoms with Crippen LogP contribution in [0.15, 0.2) is 46.4 Å². The molecular weight excluding hydrogens is 364 g/mol. The molecule has 6 nitrogen and oxygen atoms in total. The summed E-state index contributed by atoms with van der Waals surface area (Å²) in [5.74, 6) is 0.824. The summed E-state index contributed by atoms with van der Waals surface area (Å²) < 4.78 is 10.8. The first-order valence-corrected chi connectivity index (χ1v) is 9.68. The summed E-state index contributed by atoms with van der Waals surface area (Å²) >= 11 is 1.45. The Bertz CT molecular complexity index is 956. The van der Waals surface area contributed by atoms with Gasteiger partial charge < -0.3 is 19.0 Å². The fourth-order valence-electron chi connectivity index (χ4n) is 3.32. The first kappa shape index (κ1) is 17.6. The van der Waals surface area contributed by atoms with Gasteiger partial charge in [-0.05, 0) is 23.6 Å². The van der Waals surface area contributed by atoms with Crippen LogP contribution in [0, 0.1) is 0 Å². The fourth-order valence-corrected chi connectivity index (χ4v) is 4.01. The molecule has 0 bridgehead atoms. The zero-order valence-electron chi connectivity index (χ0n) is 15.0. The first-order valence-electron chi connectivity index (χ1n) is 8.80. The lowest BCUT2D eigenvalue weighted by molar-refractivity contribution is -0.131. The van der Waals surface area contributed by atoms with Crippen LogP contribution in [0.3, 0.4) is 0 Å². The Morgan fingerprint density at radius 3 is 2.63 bits per heavy atom. The van der Waals surface area contributed by atoms with Gasteiger partial charge in [0.2, 0.25) is 5.91 Å². The summed E-state index contributed by atoms with van der Waals surface area (Å²) in [6.07, 6.45) is 1.93. The van der Waals surface area contributed by atoms with Crippen molar-refractivity contribution in [1.82, 2.24) is 9.80 Å². The van der Waals surface area contributed by atoms with Crippen molar-refractivity contribution in [3.8, 4) is 5.75 Å². The minimum absolute atomic E-state index is 0.0480. The Balaban J connectivity index is 1.38. The van der Waals surface area contributed by atoms with Gasteiger partial charge >= 0.3 is 0 Å². The normalized spacial score (nSPS) is 14.6. The molecule has 0 unspecified atom stereocenters. The molecule has 1 saturated heterocycles. The molecule has 3 aromatic rings. The van der Waals surface area contributed by atoms with E-state index in [1.807, 2.05) is 45.5 Å². The number of carbonyl (C=O) groups is 2. The molecule has 1 aromatic carbocycles. The number of carbonyl (C=O) groups excluding carboxylic acids is 2. The molecule has 0 atom stereocenters. The van der Waals surface area contributed by atoms with E-state index in [-0.39, 0.29) is 18.2 Å². The Morgan fingerprint density at radius 2 is 1.93 bits per heavy atom. The Kier molecular flexibility index (Phi) is 4.85. The molecule has 0 aliphatic carbocycles. The van der Waals surface area contributed by atoms with E-state index < -0.39 is 0 Å². The molecule has 7 heteroatoms. The van der Waals surface area contributed by atoms with E-state index in [0.29, 0.717) is 31.8 Å². The molecule has 1 aliphatic rings. The molecule has 140 valence electrons. The number of ether oxygens (including phenoxy) is 1. The van der Waals surface area contributed by atoms with Gasteiger partial charge in [0.1, 0.15) is 11.3 Å². The number of amides is 2. The van der Waals surface area contributed by atoms with Gasteiger partial charge in [-0.25, -0.2) is 0 Å². The summed E-state index contributed by atoms with van der Waals surface area (Å²) in [6.45, 7) is 2.23. The molecule has 27 heavy (non-hydrogen) atoms. The van der Waals surface area contributed by atoms with Crippen molar-refractivity contribution in [1.29, 1.82) is 0 Å². The summed E-state index contributed by atoms with van der Waals surface area (Å²) in [4.78, 5) is 29.5. The second-order valence-electron chi connectivity index (χ2n) is 6.45. The standard InChI is InChI=1S/C20H20N2O4S/c1-25-15-4-5-16-14(13-26-17(16)12-15)11-19(23)21-6-8-22(9-7-21)20(24)18-3-2-10-27-18/h2-5,10,12-13H,6-9,11H2,1H3. The number of hydrogen-bond acceptors (Lipinski definition) is 5. The number of hydrogen-bond donors (Lipinski definition) is 0. The van der Waals surface area contributed by atoms with Crippen LogP contribution in [0.25, 0.3) is 11.0 Å². The highest BCUT2D eigenvalue weighted by Crippen LogP contribution is 2.26. The van der Waals surface area contributed by atoms with Gasteiger partial charge in [0.25, 0.3) is 5.91 Å². The van der Waals surface area contributed by atoms with Gasteiger partial charge in [-0.1, -0.05) is 6.07 Å². The molecular formula is C20H20N2O4S. The number of thiophene rings is 1. The maximum absolute atomic E-state index is 12.7. The molecule has 0 radical (unpaired) electrons. The zero-order valence-corrected chi connectivity index (χ0v) is 15.8. The third-order valence-corrected chi connectivity index (χ3v) is 5.71. The predicted molar refractivity (Wildman–Crippen MR) is 103 cm³/mol. The molecule has 2 aromatic heterocycles. The Hall–Kier alpha value is -2.80. The van der Waals surface area contributed by atoms with Crippen LogP contribution in [-0.4, -0.2) is 54.9 Å². The third-order valence-electron chi connectivity index (χ3n) is 4.86. The molecule has 1 fully saturated rings. The molecule has 3 heterocycles. The number of fused-ring (bicyclic) bond motifs is 1. The van der Waals surface area contributed by atoms with Crippen molar-refractivity contribution in [2.75, 3.05) is 33.3 Å². The van der Waals surface area contributed by atoms with Crippen LogP contribution < -0.4 is 4.74 Å². The van der Waals surface area contributed by atoms with E-state index in [2.05, 4.69) is 0 Å². The van der Waals surface area contributed by atoms with Crippen molar-refractivity contribution in [2.45, 2.75) is 6.42 Å². The molecule has 1 aliphatic heterocycles. The van der Waals surface area contributed by atoms with Gasteiger partial charge in [-0.3, -0.25) is 9.59 Å². The lowest BCUT2D eigenvalue weighted by atomic mass is 10.1. The van der Waals surface area contributed by atoms with Gasteiger partial charge in [0.05, 0.1) is 24.7 Å². The van der Waals surface area contributed by atoms with Crippen molar-refractivity contribution >= 4 is 34.1 Å². The minimum Gasteiger partial charge on any atom is -0.497 e. The number of nitrogens with zero attached hydrogens (tertiary/aromatic N) is 2. The predicted octanol–water partition coefficient (Wildman–Crippen LogP) is 3.03. The number of piperazine rings is 1. The number of furan rings is 1. The van der Waals surface area contributed by atoms with E-state index in [4.69, 9.17) is 9.15 Å². The van der Waals surface area contributed by atoms with Gasteiger partial charge in [0, 0.05) is 43.2 Å². The van der Waals surface area contributed by atoms with Gasteiger partial charge in [0.15, 0.2) is 0 Å². The maximum atomic E-state index is 12.7. The van der Waals surface area contributed by atoms with Crippen molar-refractivity contribution in [2.24, 2.45) is 0 Å². The van der Waals surface area contributed by atoms with E-state index in [0.717, 1.165) is 21.6 Å². The fraction of sp³-hybridized carbons (Fsp3) is 0.300. The van der Waals surface area contributed by atoms with E-state index >= 15 is 0 Å². The highest BCUT2D eigenvalue weighted by atomic mass is 32.1. The number of methoxy groups -OCH3 is 1. The summed E-state index contributed by atoms with van der Waals surface area (Å²) in [5.41, 5.74) is 1.58. The summed E-state index contributed by atoms with van der Waals surface area (Å²) in [5, 5.41) is 2.83. The Labute approximate surface area is 160 Å². The van der Waals surface area contributed by atoms with Gasteiger partial charge in [-0.2, -0.15) is 0 Å². The molecule has 2 amide bonds. The monoisotopic (exact) mass is 384 g/mol. The van der Waals surface area contributed by atoms with Crippen molar-refractivity contribution in [3.63, 3.8) is 0 Å². The van der Waals surface area contributed by atoms with E-state index in [9.17, 15) is 9.59 Å². The van der Waals surface area contributed by atoms with Crippen molar-refractivity contribution < 1.29 is 18.7 Å². The largest absolute Gasteiger partial charge is 0.497 e. The maximum Gasteiger partial charge on any atom is 0.264 e. The smallest absolute Gasteiger partial charge is 0.264 e. The van der Waals surface area contributed by atoms with Gasteiger partial charge in [-0.15, -0.1) is 11.3 Å². The highest BCUT2D eigenvalue weighted by Gasteiger charge is 2.25. The highest BCUT2D eigenvalue weighted by molar-refractivity contribution is 7.12. The van der Waals surface area contributed by atoms with Crippen LogP contribution in [0.1, 0.15) is 15.2 Å². The SMILES string of the molecule is COc1ccc2c(CC(=O)N3CCN(C(=O)c4cccs4)CC3)coc2c1. The average Bonchev–Trinajstić information content (AvgIpc) is 3.37. The molecule has 0 N–H and O–H groups in total. The van der Waals surface area contributed by atoms with E-state index in [1.54, 1.807) is 13.4 Å². The molecule has 4 rings (SSSR count). The minimum atomic E-state index is 0.0480. The Morgan fingerprint density at radius 1 is 1.15 bits per heavy atom. The first-order chi connectivity index (χ1) is 13.2. The quantitative estimate of drug-likeness (QED) is 0.694. The van der Waals surface area contributed by atoms with Crippen LogP contribution in [-0.2, 0) is 11.2 Å². The molecule has 0 spiro atoms. The topological polar surface area (TPSA) is 63.0 Å². The van der Waals surface area contributed by atoms with E-state index in [1.165, 1.54) is 11.3 Å². The summed E-state index contributed by atoms with van der Waals surface area (Å²) in [6, 6.07) is 9.31.